The zero-order valence-electron chi connectivity index (χ0n) is 14.7. The number of aromatic nitrogens is 4. The predicted molar refractivity (Wildman–Crippen MR) is 121 cm³/mol. The summed E-state index contributed by atoms with van der Waals surface area (Å²) in [7, 11) is -1.42. The normalized spacial score (nSPS) is 9.62. The van der Waals surface area contributed by atoms with Crippen LogP contribution in [0.25, 0.3) is 22.3 Å². The van der Waals surface area contributed by atoms with Crippen molar-refractivity contribution in [2.24, 2.45) is 0 Å². The Hall–Kier alpha value is -2.94. The molecular weight excluding hydrogens is 431 g/mol. The first-order valence-corrected chi connectivity index (χ1v) is 9.15. The lowest BCUT2D eigenvalue weighted by Gasteiger charge is -2.02. The fraction of sp³-hybridized carbons (Fsp3) is 0.0476. The Kier molecular flexibility index (Phi) is 8.60. The van der Waals surface area contributed by atoms with Crippen LogP contribution in [0.5, 0.6) is 0 Å². The minimum absolute atomic E-state index is 0. The predicted octanol–water partition coefficient (Wildman–Crippen LogP) is 3.61. The molecular formula is C21H22BBrN4O2. The Bertz CT molecular complexity index is 993. The largest absolute Gasteiger partial charge is 0.488 e. The molecule has 2 N–H and O–H groups in total. The van der Waals surface area contributed by atoms with Gasteiger partial charge in [-0.2, -0.15) is 0 Å². The summed E-state index contributed by atoms with van der Waals surface area (Å²) < 4.78 is 1.08. The molecule has 0 atom stereocenters. The monoisotopic (exact) mass is 453 g/mol. The quantitative estimate of drug-likeness (QED) is 0.460. The van der Waals surface area contributed by atoms with Crippen LogP contribution in [0.1, 0.15) is 8.85 Å². The molecule has 0 aliphatic heterocycles. The minimum Gasteiger partial charge on any atom is -0.423 e. The standard InChI is InChI=1S/C10H9BN2O2.C10H7BrN2.CH4.H2/c14-11(15)10-3-1-8(2-4-10)9-5-12-7-13-6-9;11-10-3-1-8(2-4-10)9-5-12-7-13-6-9;;/h1-7,14-15H;1-7H;1H4;1H/i;;;1+1. The summed E-state index contributed by atoms with van der Waals surface area (Å²) in [5, 5.41) is 17.8. The van der Waals surface area contributed by atoms with Crippen LogP contribution in [0.4, 0.5) is 0 Å². The molecule has 0 amide bonds. The van der Waals surface area contributed by atoms with Gasteiger partial charge in [0, 0.05) is 41.8 Å². The molecule has 0 spiro atoms. The van der Waals surface area contributed by atoms with Gasteiger partial charge < -0.3 is 10.0 Å². The molecule has 2 aromatic carbocycles. The van der Waals surface area contributed by atoms with E-state index in [0.29, 0.717) is 5.46 Å². The number of benzene rings is 2. The molecule has 8 heteroatoms. The Morgan fingerprint density at radius 3 is 1.38 bits per heavy atom. The van der Waals surface area contributed by atoms with Crippen LogP contribution in [0, 0.1) is 0 Å². The maximum absolute atomic E-state index is 8.92. The second-order valence-corrected chi connectivity index (χ2v) is 6.67. The smallest absolute Gasteiger partial charge is 0.423 e. The van der Waals surface area contributed by atoms with Crippen LogP contribution in [-0.4, -0.2) is 37.1 Å². The van der Waals surface area contributed by atoms with E-state index in [-0.39, 0.29) is 8.85 Å². The summed E-state index contributed by atoms with van der Waals surface area (Å²) in [6.45, 7) is 0. The Morgan fingerprint density at radius 1 is 0.621 bits per heavy atom. The molecule has 29 heavy (non-hydrogen) atoms. The van der Waals surface area contributed by atoms with Crippen molar-refractivity contribution in [3.63, 3.8) is 0 Å². The van der Waals surface area contributed by atoms with Crippen LogP contribution in [0.15, 0.2) is 90.4 Å². The second kappa shape index (κ2) is 11.2. The van der Waals surface area contributed by atoms with Crippen molar-refractivity contribution >= 4 is 28.5 Å². The molecule has 6 nitrogen and oxygen atoms in total. The van der Waals surface area contributed by atoms with E-state index in [9.17, 15) is 0 Å². The van der Waals surface area contributed by atoms with Gasteiger partial charge in [0.1, 0.15) is 12.7 Å². The van der Waals surface area contributed by atoms with Crippen LogP contribution < -0.4 is 5.46 Å². The average Bonchev–Trinajstić information content (AvgIpc) is 2.76. The van der Waals surface area contributed by atoms with E-state index in [1.807, 2.05) is 24.3 Å². The summed E-state index contributed by atoms with van der Waals surface area (Å²) >= 11 is 3.39. The summed E-state index contributed by atoms with van der Waals surface area (Å²) in [5.41, 5.74) is 4.48. The molecule has 0 bridgehead atoms. The van der Waals surface area contributed by atoms with Gasteiger partial charge in [-0.25, -0.2) is 19.9 Å². The van der Waals surface area contributed by atoms with Crippen LogP contribution in [-0.2, 0) is 0 Å². The van der Waals surface area contributed by atoms with Crippen molar-refractivity contribution in [1.29, 1.82) is 0 Å². The fourth-order valence-electron chi connectivity index (χ4n) is 2.39. The van der Waals surface area contributed by atoms with Gasteiger partial charge in [0.25, 0.3) is 0 Å². The molecule has 4 rings (SSSR count). The third-order valence-electron chi connectivity index (χ3n) is 3.84. The number of hydrogen-bond acceptors (Lipinski definition) is 6. The highest BCUT2D eigenvalue weighted by molar-refractivity contribution is 9.10. The average molecular weight is 454 g/mol. The van der Waals surface area contributed by atoms with Crippen molar-refractivity contribution < 1.29 is 11.5 Å². The highest BCUT2D eigenvalue weighted by Gasteiger charge is 2.09. The minimum atomic E-state index is -1.42. The number of hydrogen-bond donors (Lipinski definition) is 2. The number of nitrogens with zero attached hydrogens (tertiary/aromatic N) is 4. The van der Waals surface area contributed by atoms with E-state index >= 15 is 0 Å². The van der Waals surface area contributed by atoms with Crippen molar-refractivity contribution in [2.75, 3.05) is 0 Å². The summed E-state index contributed by atoms with van der Waals surface area (Å²) in [6.07, 6.45) is 10.0. The van der Waals surface area contributed by atoms with Gasteiger partial charge in [-0.1, -0.05) is 59.8 Å². The zero-order chi connectivity index (χ0) is 19.8. The maximum Gasteiger partial charge on any atom is 0.488 e. The fourth-order valence-corrected chi connectivity index (χ4v) is 2.65. The van der Waals surface area contributed by atoms with E-state index in [0.717, 1.165) is 26.7 Å². The van der Waals surface area contributed by atoms with Crippen molar-refractivity contribution in [3.8, 4) is 22.3 Å². The van der Waals surface area contributed by atoms with Gasteiger partial charge in [0.2, 0.25) is 0 Å². The zero-order valence-corrected chi connectivity index (χ0v) is 16.3. The molecule has 2 aromatic heterocycles. The topological polar surface area (TPSA) is 92.0 Å². The Morgan fingerprint density at radius 2 is 1.00 bits per heavy atom. The van der Waals surface area contributed by atoms with Gasteiger partial charge >= 0.3 is 7.12 Å². The summed E-state index contributed by atoms with van der Waals surface area (Å²) in [4.78, 5) is 15.7. The molecule has 4 aromatic rings. The maximum atomic E-state index is 8.92. The first-order valence-electron chi connectivity index (χ1n) is 8.36. The SMILES string of the molecule is Brc1ccc(-c2cncnc2)cc1.C.OB(O)c1ccc(-c2cncnc2)cc1.[2HH]. The molecule has 0 aliphatic rings. The lowest BCUT2D eigenvalue weighted by molar-refractivity contribution is 0.426. The van der Waals surface area contributed by atoms with E-state index in [1.54, 1.807) is 49.1 Å². The third-order valence-corrected chi connectivity index (χ3v) is 4.37. The lowest BCUT2D eigenvalue weighted by atomic mass is 9.80. The molecule has 0 saturated heterocycles. The van der Waals surface area contributed by atoms with E-state index in [1.165, 1.54) is 12.7 Å². The van der Waals surface area contributed by atoms with Crippen molar-refractivity contribution in [2.45, 2.75) is 7.43 Å². The van der Waals surface area contributed by atoms with E-state index < -0.39 is 7.12 Å². The van der Waals surface area contributed by atoms with Gasteiger partial charge in [0.15, 0.2) is 0 Å². The van der Waals surface area contributed by atoms with Crippen molar-refractivity contribution in [3.05, 3.63) is 90.4 Å². The molecule has 0 fully saturated rings. The molecule has 0 saturated carbocycles. The second-order valence-electron chi connectivity index (χ2n) is 5.76. The molecule has 2 heterocycles. The van der Waals surface area contributed by atoms with Gasteiger partial charge in [-0.3, -0.25) is 0 Å². The highest BCUT2D eigenvalue weighted by atomic mass is 79.9. The number of rotatable bonds is 3. The molecule has 148 valence electrons. The van der Waals surface area contributed by atoms with Crippen LogP contribution in [0.2, 0.25) is 0 Å². The number of halogens is 1. The van der Waals surface area contributed by atoms with Crippen LogP contribution in [0.3, 0.4) is 0 Å². The first-order chi connectivity index (χ1) is 13.6. The van der Waals surface area contributed by atoms with Gasteiger partial charge in [0.05, 0.1) is 0 Å². The first kappa shape index (κ1) is 22.4. The van der Waals surface area contributed by atoms with Crippen molar-refractivity contribution in [1.82, 2.24) is 19.9 Å². The summed E-state index contributed by atoms with van der Waals surface area (Å²) in [5.74, 6) is 0. The molecule has 0 aliphatic carbocycles. The summed E-state index contributed by atoms with van der Waals surface area (Å²) in [6, 6.07) is 15.0. The van der Waals surface area contributed by atoms with Gasteiger partial charge in [-0.05, 0) is 28.7 Å². The Labute approximate surface area is 180 Å². The molecule has 0 radical (unpaired) electrons. The van der Waals surface area contributed by atoms with E-state index in [2.05, 4.69) is 35.9 Å². The molecule has 0 unspecified atom stereocenters. The lowest BCUT2D eigenvalue weighted by Crippen LogP contribution is -2.29. The van der Waals surface area contributed by atoms with Crippen LogP contribution >= 0.6 is 15.9 Å². The highest BCUT2D eigenvalue weighted by Crippen LogP contribution is 2.19. The van der Waals surface area contributed by atoms with E-state index in [4.69, 9.17) is 10.0 Å². The third kappa shape index (κ3) is 6.57. The van der Waals surface area contributed by atoms with Gasteiger partial charge in [-0.15, -0.1) is 0 Å². The Balaban J connectivity index is 0.000000284.